The molecule has 3 aromatic rings. The van der Waals surface area contributed by atoms with Gasteiger partial charge in [0.25, 0.3) is 5.91 Å². The fourth-order valence-electron chi connectivity index (χ4n) is 2.72. The molecule has 4 nitrogen and oxygen atoms in total. The number of nitrogens with zero attached hydrogens (tertiary/aromatic N) is 1. The van der Waals surface area contributed by atoms with E-state index in [1.54, 1.807) is 41.5 Å². The Kier molecular flexibility index (Phi) is 6.09. The number of anilines is 1. The van der Waals surface area contributed by atoms with Crippen LogP contribution in [-0.2, 0) is 11.3 Å². The second-order valence-electron chi connectivity index (χ2n) is 6.20. The number of amides is 1. The zero-order valence-corrected chi connectivity index (χ0v) is 16.6. The zero-order valence-electron chi connectivity index (χ0n) is 15.0. The van der Waals surface area contributed by atoms with Crippen LogP contribution in [0.3, 0.4) is 0 Å². The molecule has 1 amide bonds. The van der Waals surface area contributed by atoms with Gasteiger partial charge in [-0.05, 0) is 73.5 Å². The summed E-state index contributed by atoms with van der Waals surface area (Å²) in [5.41, 5.74) is 2.53. The third kappa shape index (κ3) is 4.85. The molecule has 6 heteroatoms. The summed E-state index contributed by atoms with van der Waals surface area (Å²) in [6.45, 7) is 4.00. The highest BCUT2D eigenvalue weighted by atomic mass is 35.5. The summed E-state index contributed by atoms with van der Waals surface area (Å²) in [7, 11) is 0. The molecular formula is C21H19Cl2NO3. The van der Waals surface area contributed by atoms with E-state index in [1.807, 2.05) is 32.0 Å². The average molecular weight is 404 g/mol. The smallest absolute Gasteiger partial charge is 0.265 e. The van der Waals surface area contributed by atoms with Crippen LogP contribution in [0.25, 0.3) is 0 Å². The van der Waals surface area contributed by atoms with Crippen molar-refractivity contribution in [3.8, 4) is 5.75 Å². The molecule has 27 heavy (non-hydrogen) atoms. The predicted molar refractivity (Wildman–Crippen MR) is 108 cm³/mol. The Labute approximate surface area is 168 Å². The van der Waals surface area contributed by atoms with Gasteiger partial charge in [-0.25, -0.2) is 0 Å². The number of halogens is 2. The lowest BCUT2D eigenvalue weighted by molar-refractivity contribution is -0.120. The Bertz CT molecular complexity index is 898. The number of carbonyl (C=O) groups is 1. The standard InChI is InChI=1S/C21H19Cl2NO3/c1-14-10-19(11-15(2)21(14)23)27-13-20(25)24(12-18-4-3-9-26-18)17-7-5-16(22)6-8-17/h3-11H,12-13H2,1-2H3. The van der Waals surface area contributed by atoms with E-state index in [0.29, 0.717) is 33.8 Å². The number of hydrogen-bond donors (Lipinski definition) is 0. The maximum atomic E-state index is 12.9. The van der Waals surface area contributed by atoms with Gasteiger partial charge in [-0.2, -0.15) is 0 Å². The fourth-order valence-corrected chi connectivity index (χ4v) is 2.95. The first kappa shape index (κ1) is 19.3. The number of rotatable bonds is 6. The number of ether oxygens (including phenoxy) is 1. The van der Waals surface area contributed by atoms with Gasteiger partial charge in [-0.15, -0.1) is 0 Å². The lowest BCUT2D eigenvalue weighted by Gasteiger charge is -2.22. The first-order valence-corrected chi connectivity index (χ1v) is 9.17. The van der Waals surface area contributed by atoms with Crippen molar-refractivity contribution in [2.45, 2.75) is 20.4 Å². The molecule has 0 aliphatic heterocycles. The molecule has 0 saturated heterocycles. The number of hydrogen-bond acceptors (Lipinski definition) is 3. The van der Waals surface area contributed by atoms with Crippen molar-refractivity contribution < 1.29 is 13.9 Å². The molecule has 0 N–H and O–H groups in total. The largest absolute Gasteiger partial charge is 0.484 e. The van der Waals surface area contributed by atoms with Gasteiger partial charge in [0, 0.05) is 15.7 Å². The number of furan rings is 1. The Balaban J connectivity index is 1.77. The van der Waals surface area contributed by atoms with Crippen molar-refractivity contribution in [2.75, 3.05) is 11.5 Å². The third-order valence-corrected chi connectivity index (χ3v) is 4.95. The molecule has 0 saturated carbocycles. The van der Waals surface area contributed by atoms with Crippen molar-refractivity contribution in [3.63, 3.8) is 0 Å². The lowest BCUT2D eigenvalue weighted by atomic mass is 10.1. The van der Waals surface area contributed by atoms with Gasteiger partial charge in [0.1, 0.15) is 11.5 Å². The van der Waals surface area contributed by atoms with Gasteiger partial charge < -0.3 is 14.1 Å². The molecule has 0 aliphatic carbocycles. The van der Waals surface area contributed by atoms with Gasteiger partial charge in [0.15, 0.2) is 6.61 Å². The quantitative estimate of drug-likeness (QED) is 0.520. The van der Waals surface area contributed by atoms with E-state index in [1.165, 1.54) is 0 Å². The topological polar surface area (TPSA) is 42.7 Å². The Hall–Kier alpha value is -2.43. The first-order valence-electron chi connectivity index (χ1n) is 8.42. The lowest BCUT2D eigenvalue weighted by Crippen LogP contribution is -2.34. The van der Waals surface area contributed by atoms with Gasteiger partial charge in [-0.3, -0.25) is 4.79 Å². The van der Waals surface area contributed by atoms with E-state index in [4.69, 9.17) is 32.4 Å². The number of benzene rings is 2. The molecule has 1 aromatic heterocycles. The highest BCUT2D eigenvalue weighted by Gasteiger charge is 2.18. The zero-order chi connectivity index (χ0) is 19.4. The summed E-state index contributed by atoms with van der Waals surface area (Å²) in [6, 6.07) is 14.3. The summed E-state index contributed by atoms with van der Waals surface area (Å²) in [5, 5.41) is 1.31. The van der Waals surface area contributed by atoms with Gasteiger partial charge in [-0.1, -0.05) is 23.2 Å². The second-order valence-corrected chi connectivity index (χ2v) is 7.01. The second kappa shape index (κ2) is 8.51. The van der Waals surface area contributed by atoms with Crippen molar-refractivity contribution in [1.82, 2.24) is 0 Å². The van der Waals surface area contributed by atoms with Crippen LogP contribution in [0, 0.1) is 13.8 Å². The molecule has 3 rings (SSSR count). The van der Waals surface area contributed by atoms with Gasteiger partial charge in [0.05, 0.1) is 12.8 Å². The van der Waals surface area contributed by atoms with E-state index in [-0.39, 0.29) is 12.5 Å². The van der Waals surface area contributed by atoms with E-state index in [0.717, 1.165) is 11.1 Å². The summed E-state index contributed by atoms with van der Waals surface area (Å²) in [4.78, 5) is 14.5. The SMILES string of the molecule is Cc1cc(OCC(=O)N(Cc2ccco2)c2ccc(Cl)cc2)cc(C)c1Cl. The van der Waals surface area contributed by atoms with E-state index in [9.17, 15) is 4.79 Å². The number of carbonyl (C=O) groups excluding carboxylic acids is 1. The number of aryl methyl sites for hydroxylation is 2. The van der Waals surface area contributed by atoms with Crippen molar-refractivity contribution in [2.24, 2.45) is 0 Å². The molecule has 0 bridgehead atoms. The Morgan fingerprint density at radius 2 is 1.74 bits per heavy atom. The van der Waals surface area contributed by atoms with Crippen molar-refractivity contribution >= 4 is 34.8 Å². The molecular weight excluding hydrogens is 385 g/mol. The van der Waals surface area contributed by atoms with Crippen LogP contribution in [0.5, 0.6) is 5.75 Å². The molecule has 1 heterocycles. The first-order chi connectivity index (χ1) is 12.9. The molecule has 2 aromatic carbocycles. The van der Waals surface area contributed by atoms with Crippen molar-refractivity contribution in [3.05, 3.63) is 81.7 Å². The Morgan fingerprint density at radius 1 is 1.07 bits per heavy atom. The molecule has 0 atom stereocenters. The highest BCUT2D eigenvalue weighted by Crippen LogP contribution is 2.26. The van der Waals surface area contributed by atoms with Crippen LogP contribution in [0.15, 0.2) is 59.2 Å². The van der Waals surface area contributed by atoms with Crippen molar-refractivity contribution in [1.29, 1.82) is 0 Å². The molecule has 0 radical (unpaired) electrons. The molecule has 0 aliphatic rings. The highest BCUT2D eigenvalue weighted by molar-refractivity contribution is 6.32. The maximum Gasteiger partial charge on any atom is 0.265 e. The average Bonchev–Trinajstić information content (AvgIpc) is 3.16. The third-order valence-electron chi connectivity index (χ3n) is 4.11. The van der Waals surface area contributed by atoms with Crippen LogP contribution in [0.1, 0.15) is 16.9 Å². The van der Waals surface area contributed by atoms with Crippen LogP contribution in [0.4, 0.5) is 5.69 Å². The Morgan fingerprint density at radius 3 is 2.33 bits per heavy atom. The minimum atomic E-state index is -0.195. The van der Waals surface area contributed by atoms with Crippen LogP contribution in [0.2, 0.25) is 10.0 Å². The summed E-state index contributed by atoms with van der Waals surface area (Å²) >= 11 is 12.1. The van der Waals surface area contributed by atoms with E-state index in [2.05, 4.69) is 0 Å². The van der Waals surface area contributed by atoms with E-state index < -0.39 is 0 Å². The van der Waals surface area contributed by atoms with Gasteiger partial charge in [0.2, 0.25) is 0 Å². The summed E-state index contributed by atoms with van der Waals surface area (Å²) < 4.78 is 11.1. The minimum absolute atomic E-state index is 0.107. The summed E-state index contributed by atoms with van der Waals surface area (Å²) in [6.07, 6.45) is 1.58. The normalized spacial score (nSPS) is 10.7. The van der Waals surface area contributed by atoms with Gasteiger partial charge >= 0.3 is 0 Å². The molecule has 140 valence electrons. The predicted octanol–water partition coefficient (Wildman–Crippen LogP) is 5.82. The van der Waals surface area contributed by atoms with E-state index >= 15 is 0 Å². The molecule has 0 fully saturated rings. The van der Waals surface area contributed by atoms with Crippen LogP contribution < -0.4 is 9.64 Å². The fraction of sp³-hybridized carbons (Fsp3) is 0.190. The maximum absolute atomic E-state index is 12.9. The summed E-state index contributed by atoms with van der Waals surface area (Å²) in [5.74, 6) is 1.09. The monoisotopic (exact) mass is 403 g/mol. The van der Waals surface area contributed by atoms with Crippen LogP contribution >= 0.6 is 23.2 Å². The minimum Gasteiger partial charge on any atom is -0.484 e. The molecule has 0 unspecified atom stereocenters. The van der Waals surface area contributed by atoms with Crippen LogP contribution in [-0.4, -0.2) is 12.5 Å². The molecule has 0 spiro atoms.